The Kier molecular flexibility index (Phi) is 7.92. The second-order valence-electron chi connectivity index (χ2n) is 13.5. The molecule has 11 atom stereocenters. The van der Waals surface area contributed by atoms with Crippen LogP contribution in [0.1, 0.15) is 97.8 Å². The highest BCUT2D eigenvalue weighted by atomic mass is 16.5. The topological polar surface area (TPSA) is 76.0 Å². The maximum absolute atomic E-state index is 12.0. The first-order valence-electron chi connectivity index (χ1n) is 15.0. The largest absolute Gasteiger partial charge is 0.466 e. The number of aliphatic hydroxyl groups excluding tert-OH is 2. The van der Waals surface area contributed by atoms with E-state index in [1.165, 1.54) is 12.8 Å². The number of ether oxygens (including phenoxy) is 2. The maximum Gasteiger partial charge on any atom is 0.305 e. The quantitative estimate of drug-likeness (QED) is 0.330. The predicted octanol–water partition coefficient (Wildman–Crippen LogP) is 5.67. The molecule has 4 saturated carbocycles. The van der Waals surface area contributed by atoms with E-state index in [-0.39, 0.29) is 35.1 Å². The van der Waals surface area contributed by atoms with E-state index in [0.717, 1.165) is 57.8 Å². The van der Waals surface area contributed by atoms with Gasteiger partial charge in [-0.15, -0.1) is 0 Å². The lowest BCUT2D eigenvalue weighted by atomic mass is 9.43. The molecule has 2 N–H and O–H groups in total. The van der Waals surface area contributed by atoms with Crippen molar-refractivity contribution in [1.82, 2.24) is 0 Å². The Morgan fingerprint density at radius 3 is 2.58 bits per heavy atom. The van der Waals surface area contributed by atoms with E-state index < -0.39 is 0 Å². The van der Waals surface area contributed by atoms with Gasteiger partial charge in [0.15, 0.2) is 0 Å². The molecule has 1 aliphatic heterocycles. The summed E-state index contributed by atoms with van der Waals surface area (Å²) in [5.41, 5.74) is 0.243. The fraction of sp³-hybridized carbons (Fsp3) is 0.903. The van der Waals surface area contributed by atoms with Crippen LogP contribution in [-0.2, 0) is 14.3 Å². The molecule has 1 heterocycles. The Labute approximate surface area is 218 Å². The molecule has 0 bridgehead atoms. The second-order valence-corrected chi connectivity index (χ2v) is 13.5. The third-order valence-electron chi connectivity index (χ3n) is 11.9. The fourth-order valence-electron chi connectivity index (χ4n) is 9.94. The first kappa shape index (κ1) is 26.7. The molecular weight excluding hydrogens is 452 g/mol. The lowest BCUT2D eigenvalue weighted by molar-refractivity contribution is -0.215. The Hall–Kier alpha value is -0.910. The molecule has 0 unspecified atom stereocenters. The van der Waals surface area contributed by atoms with Crippen molar-refractivity contribution >= 4 is 5.97 Å². The van der Waals surface area contributed by atoms with Crippen LogP contribution in [0, 0.1) is 46.3 Å². The third kappa shape index (κ3) is 4.71. The number of fused-ring (bicyclic) bond motifs is 4. The predicted molar refractivity (Wildman–Crippen MR) is 140 cm³/mol. The van der Waals surface area contributed by atoms with Gasteiger partial charge in [-0.1, -0.05) is 32.9 Å². The van der Waals surface area contributed by atoms with Gasteiger partial charge in [0.05, 0.1) is 31.5 Å². The molecule has 4 fully saturated rings. The van der Waals surface area contributed by atoms with E-state index in [1.807, 2.05) is 0 Å². The van der Waals surface area contributed by atoms with Gasteiger partial charge in [0.1, 0.15) is 0 Å². The minimum Gasteiger partial charge on any atom is -0.466 e. The van der Waals surface area contributed by atoms with Crippen molar-refractivity contribution in [3.63, 3.8) is 0 Å². The lowest BCUT2D eigenvalue weighted by Gasteiger charge is -2.64. The summed E-state index contributed by atoms with van der Waals surface area (Å²) in [7, 11) is 0. The Bertz CT molecular complexity index is 811. The molecule has 0 amide bonds. The van der Waals surface area contributed by atoms with E-state index in [4.69, 9.17) is 9.47 Å². The van der Waals surface area contributed by atoms with Gasteiger partial charge in [0.2, 0.25) is 0 Å². The van der Waals surface area contributed by atoms with Crippen molar-refractivity contribution in [2.75, 3.05) is 13.2 Å². The van der Waals surface area contributed by atoms with Crippen LogP contribution in [0.4, 0.5) is 0 Å². The summed E-state index contributed by atoms with van der Waals surface area (Å²) in [4.78, 5) is 12.0. The number of hydrogen-bond donors (Lipinski definition) is 2. The minimum absolute atomic E-state index is 0.0561. The van der Waals surface area contributed by atoms with Gasteiger partial charge >= 0.3 is 5.97 Å². The van der Waals surface area contributed by atoms with E-state index in [9.17, 15) is 15.0 Å². The molecule has 36 heavy (non-hydrogen) atoms. The molecule has 0 saturated heterocycles. The molecule has 5 nitrogen and oxygen atoms in total. The number of allylic oxidation sites excluding steroid dienone is 1. The van der Waals surface area contributed by atoms with Gasteiger partial charge in [-0.2, -0.15) is 0 Å². The number of rotatable bonds is 0. The highest BCUT2D eigenvalue weighted by Crippen LogP contribution is 2.68. The molecule has 0 radical (unpaired) electrons. The smallest absolute Gasteiger partial charge is 0.305 e. The van der Waals surface area contributed by atoms with Crippen LogP contribution in [0.2, 0.25) is 0 Å². The highest BCUT2D eigenvalue weighted by molar-refractivity contribution is 5.69. The van der Waals surface area contributed by atoms with Crippen LogP contribution in [0.3, 0.4) is 0 Å². The normalized spacial score (nSPS) is 51.4. The van der Waals surface area contributed by atoms with Crippen molar-refractivity contribution in [3.05, 3.63) is 12.2 Å². The molecule has 0 spiro atoms. The number of hydrogen-bond acceptors (Lipinski definition) is 5. The van der Waals surface area contributed by atoms with Crippen LogP contribution in [-0.4, -0.2) is 47.7 Å². The summed E-state index contributed by atoms with van der Waals surface area (Å²) < 4.78 is 12.3. The summed E-state index contributed by atoms with van der Waals surface area (Å²) in [6.07, 6.45) is 15.3. The van der Waals surface area contributed by atoms with Crippen LogP contribution < -0.4 is 0 Å². The van der Waals surface area contributed by atoms with Crippen molar-refractivity contribution in [3.8, 4) is 0 Å². The molecule has 204 valence electrons. The zero-order valence-corrected chi connectivity index (χ0v) is 22.9. The van der Waals surface area contributed by atoms with E-state index >= 15 is 0 Å². The summed E-state index contributed by atoms with van der Waals surface area (Å²) in [6, 6.07) is 0. The van der Waals surface area contributed by atoms with E-state index in [0.29, 0.717) is 55.1 Å². The van der Waals surface area contributed by atoms with E-state index in [1.54, 1.807) is 0 Å². The Morgan fingerprint density at radius 2 is 1.75 bits per heavy atom. The first-order chi connectivity index (χ1) is 17.2. The van der Waals surface area contributed by atoms with Gasteiger partial charge in [0, 0.05) is 11.8 Å². The molecule has 5 heteroatoms. The summed E-state index contributed by atoms with van der Waals surface area (Å²) in [5.74, 6) is 2.72. The highest BCUT2D eigenvalue weighted by Gasteiger charge is 2.66. The average Bonchev–Trinajstić information content (AvgIpc) is 3.20. The number of esters is 1. The Morgan fingerprint density at radius 1 is 0.944 bits per heavy atom. The summed E-state index contributed by atoms with van der Waals surface area (Å²) in [6.45, 7) is 8.51. The van der Waals surface area contributed by atoms with Crippen LogP contribution >= 0.6 is 0 Å². The zero-order chi connectivity index (χ0) is 25.5. The van der Waals surface area contributed by atoms with Crippen molar-refractivity contribution in [1.29, 1.82) is 0 Å². The lowest BCUT2D eigenvalue weighted by Crippen LogP contribution is -2.62. The zero-order valence-electron chi connectivity index (χ0n) is 22.9. The second kappa shape index (κ2) is 10.7. The number of aliphatic hydroxyl groups is 2. The molecule has 4 aliphatic carbocycles. The number of carbonyl (C=O) groups is 1. The molecule has 0 aromatic carbocycles. The average molecular weight is 503 g/mol. The van der Waals surface area contributed by atoms with Gasteiger partial charge in [-0.25, -0.2) is 0 Å². The number of cyclic esters (lactones) is 1. The SMILES string of the molecule is C[C@@H]1CCCOC(=O)CCC/C=C/CO[C@H]2C[C@H]3[C@@H]([C@H](O)C[C@@H]4C[C@H](O)CC[C@@]43C)[C@@H]3CC[C@H]1[C@@]23C. The standard InChI is InChI=1S/C31H50O5/c1-20-9-8-16-36-28(34)10-6-4-5-7-15-35-27-19-25-29(24-12-11-23(20)31(24,27)3)26(33)18-21-17-22(32)13-14-30(21,25)2/h5,7,20-27,29,32-33H,4,6,8-19H2,1-3H3/b7-5+/t20-,21+,22-,23-,24+,25+,26-,27+,29+,30+,31-/m1/s1. The summed E-state index contributed by atoms with van der Waals surface area (Å²) >= 11 is 0. The van der Waals surface area contributed by atoms with Crippen molar-refractivity contribution in [2.24, 2.45) is 46.3 Å². The molecule has 0 aromatic rings. The monoisotopic (exact) mass is 502 g/mol. The van der Waals surface area contributed by atoms with Gasteiger partial charge in [-0.3, -0.25) is 4.79 Å². The molecule has 0 aromatic heterocycles. The van der Waals surface area contributed by atoms with Gasteiger partial charge in [-0.05, 0) is 112 Å². The van der Waals surface area contributed by atoms with Crippen LogP contribution in [0.15, 0.2) is 12.2 Å². The van der Waals surface area contributed by atoms with Crippen molar-refractivity contribution in [2.45, 2.75) is 116 Å². The maximum atomic E-state index is 12.0. The third-order valence-corrected chi connectivity index (χ3v) is 11.9. The summed E-state index contributed by atoms with van der Waals surface area (Å²) in [5, 5.41) is 22.0. The fourth-order valence-corrected chi connectivity index (χ4v) is 9.94. The van der Waals surface area contributed by atoms with Crippen LogP contribution in [0.5, 0.6) is 0 Å². The van der Waals surface area contributed by atoms with Crippen molar-refractivity contribution < 1.29 is 24.5 Å². The molecular formula is C31H50O5. The van der Waals surface area contributed by atoms with Gasteiger partial charge < -0.3 is 19.7 Å². The number of carbonyl (C=O) groups excluding carboxylic acids is 1. The first-order valence-corrected chi connectivity index (χ1v) is 15.0. The van der Waals surface area contributed by atoms with E-state index in [2.05, 4.69) is 32.9 Å². The van der Waals surface area contributed by atoms with Gasteiger partial charge in [0.25, 0.3) is 0 Å². The van der Waals surface area contributed by atoms with Crippen LogP contribution in [0.25, 0.3) is 0 Å². The minimum atomic E-state index is -0.269. The molecule has 5 aliphatic rings. The molecule has 5 rings (SSSR count). The Balaban J connectivity index is 1.44.